The third kappa shape index (κ3) is 3.29. The van der Waals surface area contributed by atoms with E-state index in [2.05, 4.69) is 4.72 Å². The van der Waals surface area contributed by atoms with Crippen molar-refractivity contribution < 1.29 is 18.3 Å². The molecule has 1 fully saturated rings. The van der Waals surface area contributed by atoms with Crippen LogP contribution in [-0.2, 0) is 21.4 Å². The van der Waals surface area contributed by atoms with E-state index in [0.717, 1.165) is 24.8 Å². The van der Waals surface area contributed by atoms with Crippen molar-refractivity contribution in [1.29, 1.82) is 0 Å². The standard InChI is InChI=1S/C15H23NO4S/c1-11-7-12(2)14(8-13(11)9-17)21(18,19)16-10-15(20-3)5-4-6-15/h7-8,16-17H,4-6,9-10H2,1-3H3. The number of benzene rings is 1. The van der Waals surface area contributed by atoms with E-state index >= 15 is 0 Å². The van der Waals surface area contributed by atoms with Gasteiger partial charge in [-0.05, 0) is 55.9 Å². The molecule has 1 saturated carbocycles. The van der Waals surface area contributed by atoms with Gasteiger partial charge in [-0.1, -0.05) is 6.07 Å². The van der Waals surface area contributed by atoms with Gasteiger partial charge in [0.05, 0.1) is 17.1 Å². The molecule has 0 radical (unpaired) electrons. The van der Waals surface area contributed by atoms with Crippen LogP contribution in [0.5, 0.6) is 0 Å². The number of ether oxygens (including phenoxy) is 1. The minimum atomic E-state index is -3.60. The van der Waals surface area contributed by atoms with Gasteiger partial charge in [0.2, 0.25) is 10.0 Å². The number of aliphatic hydroxyl groups excluding tert-OH is 1. The molecule has 0 unspecified atom stereocenters. The van der Waals surface area contributed by atoms with Crippen molar-refractivity contribution in [3.05, 3.63) is 28.8 Å². The van der Waals surface area contributed by atoms with E-state index in [1.54, 1.807) is 26.2 Å². The summed E-state index contributed by atoms with van der Waals surface area (Å²) in [5.74, 6) is 0. The molecule has 118 valence electrons. The summed E-state index contributed by atoms with van der Waals surface area (Å²) in [6.07, 6.45) is 2.81. The molecule has 0 aliphatic heterocycles. The lowest BCUT2D eigenvalue weighted by molar-refractivity contribution is -0.0659. The third-order valence-electron chi connectivity index (χ3n) is 4.38. The Balaban J connectivity index is 2.23. The summed E-state index contributed by atoms with van der Waals surface area (Å²) >= 11 is 0. The van der Waals surface area contributed by atoms with Crippen molar-refractivity contribution in [2.75, 3.05) is 13.7 Å². The predicted octanol–water partition coefficient (Wildman–Crippen LogP) is 1.64. The van der Waals surface area contributed by atoms with Crippen LogP contribution in [0.1, 0.15) is 36.0 Å². The van der Waals surface area contributed by atoms with Crippen molar-refractivity contribution in [1.82, 2.24) is 4.72 Å². The summed E-state index contributed by atoms with van der Waals surface area (Å²) in [5, 5.41) is 9.31. The highest BCUT2D eigenvalue weighted by Gasteiger charge is 2.38. The highest BCUT2D eigenvalue weighted by molar-refractivity contribution is 7.89. The Hall–Kier alpha value is -0.950. The van der Waals surface area contributed by atoms with Crippen LogP contribution in [0, 0.1) is 13.8 Å². The normalized spacial score (nSPS) is 17.5. The van der Waals surface area contributed by atoms with Crippen LogP contribution >= 0.6 is 0 Å². The fraction of sp³-hybridized carbons (Fsp3) is 0.600. The topological polar surface area (TPSA) is 75.6 Å². The number of sulfonamides is 1. The largest absolute Gasteiger partial charge is 0.392 e. The molecule has 0 saturated heterocycles. The quantitative estimate of drug-likeness (QED) is 0.837. The summed E-state index contributed by atoms with van der Waals surface area (Å²) in [6.45, 7) is 3.74. The van der Waals surface area contributed by atoms with Gasteiger partial charge in [0.1, 0.15) is 0 Å². The van der Waals surface area contributed by atoms with Crippen LogP contribution in [0.3, 0.4) is 0 Å². The lowest BCUT2D eigenvalue weighted by Crippen LogP contribution is -2.49. The van der Waals surface area contributed by atoms with Crippen LogP contribution in [-0.4, -0.2) is 32.8 Å². The Kier molecular flexibility index (Phi) is 4.72. The van der Waals surface area contributed by atoms with E-state index in [0.29, 0.717) is 11.1 Å². The molecule has 0 bridgehead atoms. The first-order chi connectivity index (χ1) is 9.83. The van der Waals surface area contributed by atoms with Crippen LogP contribution < -0.4 is 4.72 Å². The number of nitrogens with one attached hydrogen (secondary N) is 1. The molecule has 0 amide bonds. The molecule has 2 N–H and O–H groups in total. The fourth-order valence-electron chi connectivity index (χ4n) is 2.66. The molecule has 0 atom stereocenters. The Labute approximate surface area is 126 Å². The van der Waals surface area contributed by atoms with E-state index in [-0.39, 0.29) is 23.6 Å². The minimum Gasteiger partial charge on any atom is -0.392 e. The molecule has 1 aliphatic rings. The average Bonchev–Trinajstić information content (AvgIpc) is 2.37. The predicted molar refractivity (Wildman–Crippen MR) is 80.6 cm³/mol. The van der Waals surface area contributed by atoms with Crippen molar-refractivity contribution in [3.8, 4) is 0 Å². The second kappa shape index (κ2) is 6.04. The van der Waals surface area contributed by atoms with Crippen molar-refractivity contribution in [3.63, 3.8) is 0 Å². The Morgan fingerprint density at radius 3 is 2.43 bits per heavy atom. The Bertz CT molecular complexity index is 615. The summed E-state index contributed by atoms with van der Waals surface area (Å²) in [6, 6.07) is 3.34. The first-order valence-corrected chi connectivity index (χ1v) is 8.58. The van der Waals surface area contributed by atoms with Gasteiger partial charge in [0.15, 0.2) is 0 Å². The zero-order valence-electron chi connectivity index (χ0n) is 12.8. The van der Waals surface area contributed by atoms with E-state index in [9.17, 15) is 13.5 Å². The minimum absolute atomic E-state index is 0.170. The summed E-state index contributed by atoms with van der Waals surface area (Å²) in [5.41, 5.74) is 1.84. The molecule has 1 aromatic rings. The molecule has 5 nitrogen and oxygen atoms in total. The first kappa shape index (κ1) is 16.4. The van der Waals surface area contributed by atoms with E-state index < -0.39 is 10.0 Å². The van der Waals surface area contributed by atoms with Crippen LogP contribution in [0.4, 0.5) is 0 Å². The maximum Gasteiger partial charge on any atom is 0.240 e. The fourth-order valence-corrected chi connectivity index (χ4v) is 4.05. The molecule has 6 heteroatoms. The lowest BCUT2D eigenvalue weighted by atomic mass is 9.80. The van der Waals surface area contributed by atoms with Crippen molar-refractivity contribution in [2.24, 2.45) is 0 Å². The zero-order chi connectivity index (χ0) is 15.7. The summed E-state index contributed by atoms with van der Waals surface area (Å²) < 4.78 is 33.1. The number of methoxy groups -OCH3 is 1. The van der Waals surface area contributed by atoms with Crippen LogP contribution in [0.25, 0.3) is 0 Å². The number of hydrogen-bond acceptors (Lipinski definition) is 4. The van der Waals surface area contributed by atoms with Crippen LogP contribution in [0.2, 0.25) is 0 Å². The zero-order valence-corrected chi connectivity index (χ0v) is 13.6. The number of hydrogen-bond donors (Lipinski definition) is 2. The molecule has 0 spiro atoms. The number of rotatable bonds is 6. The highest BCUT2D eigenvalue weighted by Crippen LogP contribution is 2.34. The molecule has 0 heterocycles. The van der Waals surface area contributed by atoms with Crippen LogP contribution in [0.15, 0.2) is 17.0 Å². The Morgan fingerprint density at radius 1 is 1.29 bits per heavy atom. The number of aryl methyl sites for hydroxylation is 2. The summed E-state index contributed by atoms with van der Waals surface area (Å²) in [7, 11) is -1.98. The van der Waals surface area contributed by atoms with Gasteiger partial charge >= 0.3 is 0 Å². The second-order valence-corrected chi connectivity index (χ2v) is 7.50. The molecule has 21 heavy (non-hydrogen) atoms. The molecule has 1 aromatic carbocycles. The highest BCUT2D eigenvalue weighted by atomic mass is 32.2. The van der Waals surface area contributed by atoms with Crippen molar-refractivity contribution in [2.45, 2.75) is 50.2 Å². The van der Waals surface area contributed by atoms with Crippen molar-refractivity contribution >= 4 is 10.0 Å². The SMILES string of the molecule is COC1(CNS(=O)(=O)c2cc(CO)c(C)cc2C)CCC1. The maximum atomic E-state index is 12.5. The van der Waals surface area contributed by atoms with E-state index in [1.165, 1.54) is 0 Å². The monoisotopic (exact) mass is 313 g/mol. The average molecular weight is 313 g/mol. The third-order valence-corrected chi connectivity index (χ3v) is 5.92. The second-order valence-electron chi connectivity index (χ2n) is 5.77. The Morgan fingerprint density at radius 2 is 1.95 bits per heavy atom. The van der Waals surface area contributed by atoms with Gasteiger partial charge in [-0.15, -0.1) is 0 Å². The van der Waals surface area contributed by atoms with Gasteiger partial charge in [-0.25, -0.2) is 13.1 Å². The van der Waals surface area contributed by atoms with E-state index in [4.69, 9.17) is 4.74 Å². The molecule has 0 aromatic heterocycles. The van der Waals surface area contributed by atoms with Gasteiger partial charge in [-0.2, -0.15) is 0 Å². The van der Waals surface area contributed by atoms with Gasteiger partial charge < -0.3 is 9.84 Å². The van der Waals surface area contributed by atoms with E-state index in [1.807, 2.05) is 6.92 Å². The van der Waals surface area contributed by atoms with Gasteiger partial charge in [0.25, 0.3) is 0 Å². The smallest absolute Gasteiger partial charge is 0.240 e. The maximum absolute atomic E-state index is 12.5. The summed E-state index contributed by atoms with van der Waals surface area (Å²) in [4.78, 5) is 0.225. The lowest BCUT2D eigenvalue weighted by Gasteiger charge is -2.40. The van der Waals surface area contributed by atoms with Gasteiger partial charge in [-0.3, -0.25) is 0 Å². The molecule has 2 rings (SSSR count). The first-order valence-electron chi connectivity index (χ1n) is 7.09. The molecular weight excluding hydrogens is 290 g/mol. The molecule has 1 aliphatic carbocycles. The molecular formula is C15H23NO4S. The number of aliphatic hydroxyl groups is 1. The van der Waals surface area contributed by atoms with Gasteiger partial charge in [0, 0.05) is 13.7 Å².